The van der Waals surface area contributed by atoms with E-state index in [-0.39, 0.29) is 5.56 Å². The van der Waals surface area contributed by atoms with E-state index >= 15 is 0 Å². The number of hydrogen-bond acceptors (Lipinski definition) is 4. The van der Waals surface area contributed by atoms with Gasteiger partial charge in [0.1, 0.15) is 9.39 Å². The minimum Gasteiger partial charge on any atom is -0.380 e. The van der Waals surface area contributed by atoms with Gasteiger partial charge >= 0.3 is 0 Å². The van der Waals surface area contributed by atoms with Crippen LogP contribution in [0.15, 0.2) is 11.1 Å². The fourth-order valence-corrected chi connectivity index (χ4v) is 1.38. The maximum absolute atomic E-state index is 11.2. The van der Waals surface area contributed by atoms with Gasteiger partial charge in [0.15, 0.2) is 0 Å². The van der Waals surface area contributed by atoms with E-state index in [0.717, 1.165) is 0 Å². The van der Waals surface area contributed by atoms with E-state index in [1.165, 1.54) is 6.33 Å². The molecule has 6 heteroatoms. The summed E-state index contributed by atoms with van der Waals surface area (Å²) in [6.45, 7) is 3.90. The second kappa shape index (κ2) is 5.97. The largest absolute Gasteiger partial charge is 0.380 e. The summed E-state index contributed by atoms with van der Waals surface area (Å²) in [6.07, 6.45) is 1.38. The number of ether oxygens (including phenoxy) is 1. The Hall–Kier alpha value is -0.630. The van der Waals surface area contributed by atoms with E-state index in [0.29, 0.717) is 29.1 Å². The molecule has 1 aromatic rings. The van der Waals surface area contributed by atoms with Crippen LogP contribution in [0, 0.1) is 3.57 Å². The number of nitrogens with zero attached hydrogens (tertiary/aromatic N) is 1. The zero-order valence-corrected chi connectivity index (χ0v) is 10.00. The van der Waals surface area contributed by atoms with Crippen LogP contribution in [0.1, 0.15) is 6.92 Å². The van der Waals surface area contributed by atoms with Crippen LogP contribution in [0.2, 0.25) is 0 Å². The average molecular weight is 309 g/mol. The molecule has 0 aromatic carbocycles. The molecule has 0 saturated carbocycles. The van der Waals surface area contributed by atoms with Gasteiger partial charge in [-0.2, -0.15) is 0 Å². The van der Waals surface area contributed by atoms with Crippen molar-refractivity contribution < 1.29 is 4.74 Å². The van der Waals surface area contributed by atoms with Crippen molar-refractivity contribution in [3.8, 4) is 0 Å². The van der Waals surface area contributed by atoms with Crippen molar-refractivity contribution in [3.63, 3.8) is 0 Å². The van der Waals surface area contributed by atoms with Crippen LogP contribution < -0.4 is 10.9 Å². The molecule has 0 unspecified atom stereocenters. The smallest absolute Gasteiger partial charge is 0.266 e. The SMILES string of the molecule is CCOCCNc1nc[nH]c(=O)c1I. The van der Waals surface area contributed by atoms with E-state index in [9.17, 15) is 4.79 Å². The molecular formula is C8H12IN3O2. The second-order valence-electron chi connectivity index (χ2n) is 2.52. The third kappa shape index (κ3) is 3.26. The van der Waals surface area contributed by atoms with Crippen molar-refractivity contribution in [2.45, 2.75) is 6.92 Å². The first-order valence-electron chi connectivity index (χ1n) is 4.30. The van der Waals surface area contributed by atoms with Gasteiger partial charge in [-0.3, -0.25) is 4.79 Å². The number of hydrogen-bond donors (Lipinski definition) is 2. The molecule has 0 aliphatic carbocycles. The van der Waals surface area contributed by atoms with Crippen LogP contribution in [0.3, 0.4) is 0 Å². The van der Waals surface area contributed by atoms with Crippen LogP contribution in [0.4, 0.5) is 5.82 Å². The number of H-pyrrole nitrogens is 1. The fourth-order valence-electron chi connectivity index (χ4n) is 0.892. The molecule has 0 spiro atoms. The topological polar surface area (TPSA) is 67.0 Å². The lowest BCUT2D eigenvalue weighted by Gasteiger charge is -2.05. The highest BCUT2D eigenvalue weighted by Crippen LogP contribution is 2.07. The molecule has 0 aliphatic heterocycles. The molecule has 5 nitrogen and oxygen atoms in total. The highest BCUT2D eigenvalue weighted by Gasteiger charge is 2.03. The van der Waals surface area contributed by atoms with Gasteiger partial charge in [-0.1, -0.05) is 0 Å². The molecule has 0 fully saturated rings. The quantitative estimate of drug-likeness (QED) is 0.624. The number of aromatic amines is 1. The Morgan fingerprint density at radius 3 is 3.21 bits per heavy atom. The van der Waals surface area contributed by atoms with Gasteiger partial charge < -0.3 is 15.0 Å². The normalized spacial score (nSPS) is 10.1. The Labute approximate surface area is 95.4 Å². The summed E-state index contributed by atoms with van der Waals surface area (Å²) in [5.41, 5.74) is -0.125. The van der Waals surface area contributed by atoms with Gasteiger partial charge in [0, 0.05) is 13.2 Å². The summed E-state index contributed by atoms with van der Waals surface area (Å²) < 4.78 is 5.72. The fraction of sp³-hybridized carbons (Fsp3) is 0.500. The molecular weight excluding hydrogens is 297 g/mol. The van der Waals surface area contributed by atoms with Crippen LogP contribution >= 0.6 is 22.6 Å². The number of anilines is 1. The Morgan fingerprint density at radius 2 is 2.50 bits per heavy atom. The Balaban J connectivity index is 2.51. The summed E-state index contributed by atoms with van der Waals surface area (Å²) in [5.74, 6) is 0.606. The van der Waals surface area contributed by atoms with Gasteiger partial charge in [0.05, 0.1) is 12.9 Å². The number of nitrogens with one attached hydrogen (secondary N) is 2. The van der Waals surface area contributed by atoms with Crippen molar-refractivity contribution in [1.82, 2.24) is 9.97 Å². The third-order valence-electron chi connectivity index (χ3n) is 1.54. The highest BCUT2D eigenvalue weighted by molar-refractivity contribution is 14.1. The molecule has 1 aromatic heterocycles. The van der Waals surface area contributed by atoms with Gasteiger partial charge in [0.25, 0.3) is 5.56 Å². The van der Waals surface area contributed by atoms with Gasteiger partial charge in [-0.15, -0.1) is 0 Å². The van der Waals surface area contributed by atoms with E-state index in [1.54, 1.807) is 0 Å². The monoisotopic (exact) mass is 309 g/mol. The van der Waals surface area contributed by atoms with Crippen molar-refractivity contribution in [3.05, 3.63) is 20.3 Å². The predicted molar refractivity (Wildman–Crippen MR) is 62.6 cm³/mol. The summed E-state index contributed by atoms with van der Waals surface area (Å²) >= 11 is 1.96. The van der Waals surface area contributed by atoms with Crippen LogP contribution in [0.5, 0.6) is 0 Å². The number of halogens is 1. The summed E-state index contributed by atoms with van der Waals surface area (Å²) in [6, 6.07) is 0. The molecule has 78 valence electrons. The Kier molecular flexibility index (Phi) is 4.88. The maximum Gasteiger partial charge on any atom is 0.266 e. The van der Waals surface area contributed by atoms with E-state index in [2.05, 4.69) is 15.3 Å². The molecule has 0 amide bonds. The zero-order chi connectivity index (χ0) is 10.4. The molecule has 14 heavy (non-hydrogen) atoms. The lowest BCUT2D eigenvalue weighted by Crippen LogP contribution is -2.17. The third-order valence-corrected chi connectivity index (χ3v) is 2.54. The molecule has 1 heterocycles. The zero-order valence-electron chi connectivity index (χ0n) is 7.84. The number of rotatable bonds is 5. The number of aromatic nitrogens is 2. The van der Waals surface area contributed by atoms with Gasteiger partial charge in [-0.05, 0) is 29.5 Å². The highest BCUT2D eigenvalue weighted by atomic mass is 127. The van der Waals surface area contributed by atoms with E-state index in [1.807, 2.05) is 29.5 Å². The van der Waals surface area contributed by atoms with Crippen molar-refractivity contribution >= 4 is 28.4 Å². The van der Waals surface area contributed by atoms with Crippen LogP contribution in [-0.4, -0.2) is 29.7 Å². The molecule has 0 aliphatic rings. The Bertz CT molecular complexity index is 340. The lowest BCUT2D eigenvalue weighted by atomic mass is 10.5. The van der Waals surface area contributed by atoms with Crippen LogP contribution in [0.25, 0.3) is 0 Å². The second-order valence-corrected chi connectivity index (χ2v) is 3.60. The Morgan fingerprint density at radius 1 is 1.71 bits per heavy atom. The molecule has 1 rings (SSSR count). The van der Waals surface area contributed by atoms with Crippen molar-refractivity contribution in [2.75, 3.05) is 25.1 Å². The van der Waals surface area contributed by atoms with Crippen molar-refractivity contribution in [1.29, 1.82) is 0 Å². The summed E-state index contributed by atoms with van der Waals surface area (Å²) in [4.78, 5) is 17.7. The molecule has 2 N–H and O–H groups in total. The predicted octanol–water partition coefficient (Wildman–Crippen LogP) is 0.823. The summed E-state index contributed by atoms with van der Waals surface area (Å²) in [5, 5.41) is 3.02. The lowest BCUT2D eigenvalue weighted by molar-refractivity contribution is 0.158. The average Bonchev–Trinajstić information content (AvgIpc) is 2.19. The molecule has 0 bridgehead atoms. The molecule has 0 radical (unpaired) electrons. The molecule has 0 saturated heterocycles. The van der Waals surface area contributed by atoms with Gasteiger partial charge in [0.2, 0.25) is 0 Å². The van der Waals surface area contributed by atoms with Crippen LogP contribution in [-0.2, 0) is 4.74 Å². The molecule has 0 atom stereocenters. The first-order chi connectivity index (χ1) is 6.75. The minimum atomic E-state index is -0.125. The van der Waals surface area contributed by atoms with E-state index in [4.69, 9.17) is 4.74 Å². The first kappa shape index (κ1) is 11.4. The van der Waals surface area contributed by atoms with Gasteiger partial charge in [-0.25, -0.2) is 4.98 Å². The minimum absolute atomic E-state index is 0.125. The maximum atomic E-state index is 11.2. The first-order valence-corrected chi connectivity index (χ1v) is 5.38. The standard InChI is InChI=1S/C8H12IN3O2/c1-2-14-4-3-10-7-6(9)8(13)12-5-11-7/h5H,2-4H2,1H3,(H2,10,11,12,13). The summed E-state index contributed by atoms with van der Waals surface area (Å²) in [7, 11) is 0. The van der Waals surface area contributed by atoms with Crippen molar-refractivity contribution in [2.24, 2.45) is 0 Å². The van der Waals surface area contributed by atoms with E-state index < -0.39 is 0 Å².